The van der Waals surface area contributed by atoms with Crippen molar-refractivity contribution in [3.8, 4) is 0 Å². The maximum atomic E-state index is 12.6. The number of furan rings is 1. The van der Waals surface area contributed by atoms with Crippen LogP contribution >= 0.6 is 0 Å². The van der Waals surface area contributed by atoms with E-state index in [1.54, 1.807) is 20.9 Å². The molecule has 2 N–H and O–H groups in total. The second-order valence-electron chi connectivity index (χ2n) is 5.91. The van der Waals surface area contributed by atoms with Gasteiger partial charge in [-0.15, -0.1) is 0 Å². The second-order valence-corrected chi connectivity index (χ2v) is 7.61. The predicted octanol–water partition coefficient (Wildman–Crippen LogP) is 2.47. The van der Waals surface area contributed by atoms with E-state index in [9.17, 15) is 8.42 Å². The molecule has 0 aliphatic heterocycles. The van der Waals surface area contributed by atoms with Gasteiger partial charge in [0.25, 0.3) is 0 Å². The topological polar surface area (TPSA) is 71.3 Å². The number of nitrogens with one attached hydrogen (secondary N) is 2. The first-order chi connectivity index (χ1) is 9.95. The summed E-state index contributed by atoms with van der Waals surface area (Å²) in [6, 6.07) is 0. The Balaban J connectivity index is 2.15. The molecule has 1 aromatic rings. The second kappa shape index (κ2) is 6.94. The molecule has 0 atom stereocenters. The van der Waals surface area contributed by atoms with E-state index >= 15 is 0 Å². The van der Waals surface area contributed by atoms with Crippen LogP contribution in [0.4, 0.5) is 0 Å². The molecule has 21 heavy (non-hydrogen) atoms. The van der Waals surface area contributed by atoms with Crippen molar-refractivity contribution in [3.05, 3.63) is 17.1 Å². The molecule has 0 saturated heterocycles. The largest absolute Gasteiger partial charge is 0.465 e. The average Bonchev–Trinajstić information content (AvgIpc) is 2.73. The van der Waals surface area contributed by atoms with Crippen LogP contribution < -0.4 is 10.0 Å². The lowest BCUT2D eigenvalue weighted by molar-refractivity contribution is 0.357. The first-order valence-electron chi connectivity index (χ1n) is 7.69. The Hall–Kier alpha value is -0.850. The van der Waals surface area contributed by atoms with Crippen molar-refractivity contribution in [3.63, 3.8) is 0 Å². The zero-order valence-electron chi connectivity index (χ0n) is 13.2. The Kier molecular flexibility index (Phi) is 5.46. The van der Waals surface area contributed by atoms with E-state index in [1.165, 1.54) is 19.3 Å². The Morgan fingerprint density at radius 2 is 1.81 bits per heavy atom. The summed E-state index contributed by atoms with van der Waals surface area (Å²) in [7, 11) is -1.71. The number of aryl methyl sites for hydroxylation is 2. The van der Waals surface area contributed by atoms with Gasteiger partial charge in [0, 0.05) is 18.7 Å². The molecule has 0 spiro atoms. The van der Waals surface area contributed by atoms with Gasteiger partial charge in [-0.05, 0) is 39.7 Å². The zero-order valence-corrected chi connectivity index (χ0v) is 14.0. The lowest BCUT2D eigenvalue weighted by atomic mass is 9.90. The summed E-state index contributed by atoms with van der Waals surface area (Å²) in [6.07, 6.45) is 5.93. The molecule has 0 aromatic carbocycles. The average molecular weight is 314 g/mol. The van der Waals surface area contributed by atoms with Crippen molar-refractivity contribution in [2.75, 3.05) is 13.6 Å². The van der Waals surface area contributed by atoms with Gasteiger partial charge in [-0.25, -0.2) is 13.1 Å². The van der Waals surface area contributed by atoms with Gasteiger partial charge in [-0.2, -0.15) is 0 Å². The third-order valence-electron chi connectivity index (χ3n) is 4.23. The van der Waals surface area contributed by atoms with Crippen LogP contribution in [0.5, 0.6) is 0 Å². The van der Waals surface area contributed by atoms with Gasteiger partial charge in [0.1, 0.15) is 16.4 Å². The van der Waals surface area contributed by atoms with Crippen molar-refractivity contribution in [2.45, 2.75) is 57.4 Å². The fourth-order valence-corrected chi connectivity index (χ4v) is 4.69. The lowest BCUT2D eigenvalue weighted by Crippen LogP contribution is -2.31. The highest BCUT2D eigenvalue weighted by molar-refractivity contribution is 7.89. The summed E-state index contributed by atoms with van der Waals surface area (Å²) in [5, 5.41) is 3.00. The first-order valence-corrected chi connectivity index (χ1v) is 9.17. The molecule has 1 aromatic heterocycles. The van der Waals surface area contributed by atoms with Crippen LogP contribution in [0.1, 0.15) is 49.2 Å². The quantitative estimate of drug-likeness (QED) is 0.846. The van der Waals surface area contributed by atoms with Gasteiger partial charge in [-0.3, -0.25) is 0 Å². The summed E-state index contributed by atoms with van der Waals surface area (Å²) in [5.41, 5.74) is 0.728. The first kappa shape index (κ1) is 16.5. The highest BCUT2D eigenvalue weighted by Gasteiger charge is 2.27. The van der Waals surface area contributed by atoms with Crippen LogP contribution in [-0.4, -0.2) is 22.0 Å². The van der Waals surface area contributed by atoms with E-state index in [-0.39, 0.29) is 0 Å². The fraction of sp³-hybridized carbons (Fsp3) is 0.733. The molecule has 1 aliphatic carbocycles. The molecular formula is C15H26N2O3S. The van der Waals surface area contributed by atoms with E-state index in [0.29, 0.717) is 35.4 Å². The normalized spacial score (nSPS) is 17.3. The molecule has 2 rings (SSSR count). The predicted molar refractivity (Wildman–Crippen MR) is 82.7 cm³/mol. The third kappa shape index (κ3) is 3.87. The molecule has 5 nitrogen and oxygen atoms in total. The van der Waals surface area contributed by atoms with Crippen molar-refractivity contribution in [1.82, 2.24) is 10.0 Å². The minimum atomic E-state index is -3.51. The number of sulfonamides is 1. The Labute approximate surface area is 127 Å². The standard InChI is InChI=1S/C15H26N2O3S/c1-11-14(10-16-3)15(12(2)20-11)21(18,19)17-9-13-7-5-4-6-8-13/h13,16-17H,4-10H2,1-3H3. The van der Waals surface area contributed by atoms with Crippen molar-refractivity contribution < 1.29 is 12.8 Å². The molecule has 0 amide bonds. The zero-order chi connectivity index (χ0) is 15.5. The van der Waals surface area contributed by atoms with Crippen LogP contribution in [0.25, 0.3) is 0 Å². The Morgan fingerprint density at radius 1 is 1.14 bits per heavy atom. The number of hydrogen-bond acceptors (Lipinski definition) is 4. The maximum absolute atomic E-state index is 12.6. The van der Waals surface area contributed by atoms with Gasteiger partial charge in [0.15, 0.2) is 0 Å². The van der Waals surface area contributed by atoms with Gasteiger partial charge in [0.2, 0.25) is 10.0 Å². The SMILES string of the molecule is CNCc1c(C)oc(C)c1S(=O)(=O)NCC1CCCCC1. The summed E-state index contributed by atoms with van der Waals surface area (Å²) in [6.45, 7) is 4.54. The van der Waals surface area contributed by atoms with Gasteiger partial charge in [0.05, 0.1) is 0 Å². The van der Waals surface area contributed by atoms with Crippen LogP contribution in [0.15, 0.2) is 9.31 Å². The Bertz CT molecular complexity index is 572. The third-order valence-corrected chi connectivity index (χ3v) is 5.85. The molecule has 0 radical (unpaired) electrons. The monoisotopic (exact) mass is 314 g/mol. The van der Waals surface area contributed by atoms with E-state index < -0.39 is 10.0 Å². The Morgan fingerprint density at radius 3 is 2.43 bits per heavy atom. The highest BCUT2D eigenvalue weighted by Crippen LogP contribution is 2.27. The van der Waals surface area contributed by atoms with Crippen LogP contribution in [0, 0.1) is 19.8 Å². The molecule has 1 fully saturated rings. The van der Waals surface area contributed by atoms with Crippen molar-refractivity contribution in [2.24, 2.45) is 5.92 Å². The summed E-state index contributed by atoms with van der Waals surface area (Å²) in [5.74, 6) is 1.60. The number of hydrogen-bond donors (Lipinski definition) is 2. The van der Waals surface area contributed by atoms with Gasteiger partial charge < -0.3 is 9.73 Å². The van der Waals surface area contributed by atoms with E-state index in [4.69, 9.17) is 4.42 Å². The minimum Gasteiger partial charge on any atom is -0.465 e. The summed E-state index contributed by atoms with van der Waals surface area (Å²) >= 11 is 0. The molecular weight excluding hydrogens is 288 g/mol. The molecule has 1 saturated carbocycles. The molecule has 0 unspecified atom stereocenters. The van der Waals surface area contributed by atoms with Crippen molar-refractivity contribution in [1.29, 1.82) is 0 Å². The van der Waals surface area contributed by atoms with Crippen LogP contribution in [0.2, 0.25) is 0 Å². The molecule has 120 valence electrons. The maximum Gasteiger partial charge on any atom is 0.244 e. The van der Waals surface area contributed by atoms with E-state index in [1.807, 2.05) is 0 Å². The van der Waals surface area contributed by atoms with E-state index in [0.717, 1.165) is 18.4 Å². The van der Waals surface area contributed by atoms with Crippen LogP contribution in [-0.2, 0) is 16.6 Å². The smallest absolute Gasteiger partial charge is 0.244 e. The number of rotatable bonds is 6. The molecule has 1 aliphatic rings. The molecule has 1 heterocycles. The van der Waals surface area contributed by atoms with Gasteiger partial charge >= 0.3 is 0 Å². The van der Waals surface area contributed by atoms with Gasteiger partial charge in [-0.1, -0.05) is 19.3 Å². The summed E-state index contributed by atoms with van der Waals surface area (Å²) in [4.78, 5) is 0.310. The lowest BCUT2D eigenvalue weighted by Gasteiger charge is -2.21. The van der Waals surface area contributed by atoms with Crippen LogP contribution in [0.3, 0.4) is 0 Å². The summed E-state index contributed by atoms with van der Waals surface area (Å²) < 4.78 is 33.5. The highest BCUT2D eigenvalue weighted by atomic mass is 32.2. The van der Waals surface area contributed by atoms with E-state index in [2.05, 4.69) is 10.0 Å². The molecule has 0 bridgehead atoms. The fourth-order valence-electron chi connectivity index (χ4n) is 3.13. The minimum absolute atomic E-state index is 0.310. The van der Waals surface area contributed by atoms with Crippen molar-refractivity contribution >= 4 is 10.0 Å². The molecule has 6 heteroatoms.